The molecule has 0 saturated heterocycles. The van der Waals surface area contributed by atoms with Crippen molar-refractivity contribution in [2.24, 2.45) is 0 Å². The Kier molecular flexibility index (Phi) is 6.73. The molecule has 1 unspecified atom stereocenters. The first-order valence-electron chi connectivity index (χ1n) is 4.28. The van der Waals surface area contributed by atoms with E-state index >= 15 is 0 Å². The van der Waals surface area contributed by atoms with E-state index < -0.39 is 0 Å². The van der Waals surface area contributed by atoms with Crippen LogP contribution in [-0.2, 0) is 4.74 Å². The summed E-state index contributed by atoms with van der Waals surface area (Å²) in [6.45, 7) is 3.86. The van der Waals surface area contributed by atoms with E-state index in [-0.39, 0.29) is 0 Å². The highest BCUT2D eigenvalue weighted by atomic mass is 16.5. The Morgan fingerprint density at radius 1 is 1.58 bits per heavy atom. The van der Waals surface area contributed by atoms with Gasteiger partial charge in [0.1, 0.15) is 0 Å². The van der Waals surface area contributed by atoms with Gasteiger partial charge >= 0.3 is 0 Å². The number of methoxy groups -OCH3 is 1. The molecule has 70 valence electrons. The van der Waals surface area contributed by atoms with Crippen LogP contribution in [0.2, 0.25) is 0 Å². The molecule has 0 heterocycles. The molecule has 0 aliphatic heterocycles. The molecule has 0 aromatic carbocycles. The zero-order valence-corrected chi connectivity index (χ0v) is 8.21. The molecular formula is C9H18N2O. The van der Waals surface area contributed by atoms with Crippen LogP contribution in [-0.4, -0.2) is 38.3 Å². The Hall–Kier alpha value is -0.590. The predicted octanol–water partition coefficient (Wildman–Crippen LogP) is 1.26. The van der Waals surface area contributed by atoms with Gasteiger partial charge in [0, 0.05) is 26.3 Å². The highest BCUT2D eigenvalue weighted by Gasteiger charge is 2.06. The summed E-state index contributed by atoms with van der Waals surface area (Å²) in [4.78, 5) is 2.18. The van der Waals surface area contributed by atoms with E-state index in [0.29, 0.717) is 12.5 Å². The average molecular weight is 170 g/mol. The van der Waals surface area contributed by atoms with Crippen molar-refractivity contribution in [3.05, 3.63) is 0 Å². The number of nitrogens with zero attached hydrogens (tertiary/aromatic N) is 2. The number of rotatable bonds is 6. The first kappa shape index (κ1) is 11.4. The van der Waals surface area contributed by atoms with E-state index in [2.05, 4.69) is 17.9 Å². The van der Waals surface area contributed by atoms with Gasteiger partial charge in [-0.2, -0.15) is 5.26 Å². The zero-order valence-electron chi connectivity index (χ0n) is 8.21. The van der Waals surface area contributed by atoms with Gasteiger partial charge in [-0.15, -0.1) is 0 Å². The maximum Gasteiger partial charge on any atom is 0.0638 e. The van der Waals surface area contributed by atoms with Gasteiger partial charge in [-0.05, 0) is 20.4 Å². The molecule has 0 radical (unpaired) electrons. The van der Waals surface area contributed by atoms with E-state index in [1.807, 2.05) is 7.05 Å². The molecule has 1 atom stereocenters. The van der Waals surface area contributed by atoms with Crippen molar-refractivity contribution in [1.29, 1.82) is 5.26 Å². The van der Waals surface area contributed by atoms with Crippen LogP contribution in [0.5, 0.6) is 0 Å². The van der Waals surface area contributed by atoms with Crippen molar-refractivity contribution in [1.82, 2.24) is 4.90 Å². The quantitative estimate of drug-likeness (QED) is 0.563. The summed E-state index contributed by atoms with van der Waals surface area (Å²) in [6.07, 6.45) is 1.63. The van der Waals surface area contributed by atoms with Crippen LogP contribution in [0.15, 0.2) is 0 Å². The molecule has 0 spiro atoms. The van der Waals surface area contributed by atoms with Gasteiger partial charge in [-0.25, -0.2) is 0 Å². The van der Waals surface area contributed by atoms with E-state index in [1.165, 1.54) is 0 Å². The second kappa shape index (κ2) is 7.08. The second-order valence-electron chi connectivity index (χ2n) is 3.04. The van der Waals surface area contributed by atoms with Gasteiger partial charge in [-0.1, -0.05) is 0 Å². The van der Waals surface area contributed by atoms with Gasteiger partial charge in [0.2, 0.25) is 0 Å². The first-order chi connectivity index (χ1) is 5.72. The SMILES string of the molecule is COCCCN(C)C(C)CC#N. The number of nitriles is 1. The molecule has 12 heavy (non-hydrogen) atoms. The number of hydrogen-bond acceptors (Lipinski definition) is 3. The maximum absolute atomic E-state index is 8.46. The molecular weight excluding hydrogens is 152 g/mol. The van der Waals surface area contributed by atoms with Crippen LogP contribution in [0.3, 0.4) is 0 Å². The summed E-state index contributed by atoms with van der Waals surface area (Å²) < 4.78 is 4.94. The molecule has 0 aliphatic carbocycles. The third kappa shape index (κ3) is 5.11. The van der Waals surface area contributed by atoms with Gasteiger partial charge in [0.05, 0.1) is 12.5 Å². The van der Waals surface area contributed by atoms with Crippen molar-refractivity contribution >= 4 is 0 Å². The number of hydrogen-bond donors (Lipinski definition) is 0. The summed E-state index contributed by atoms with van der Waals surface area (Å²) in [5.74, 6) is 0. The Morgan fingerprint density at radius 2 is 2.25 bits per heavy atom. The molecule has 0 aromatic heterocycles. The van der Waals surface area contributed by atoms with Crippen molar-refractivity contribution in [2.45, 2.75) is 25.8 Å². The van der Waals surface area contributed by atoms with E-state index in [9.17, 15) is 0 Å². The minimum atomic E-state index is 0.354. The minimum absolute atomic E-state index is 0.354. The Labute approximate surface area is 74.9 Å². The summed E-state index contributed by atoms with van der Waals surface area (Å²) in [5, 5.41) is 8.46. The summed E-state index contributed by atoms with van der Waals surface area (Å²) >= 11 is 0. The third-order valence-corrected chi connectivity index (χ3v) is 2.00. The van der Waals surface area contributed by atoms with Crippen LogP contribution >= 0.6 is 0 Å². The second-order valence-corrected chi connectivity index (χ2v) is 3.04. The van der Waals surface area contributed by atoms with Crippen molar-refractivity contribution < 1.29 is 4.74 Å². The minimum Gasteiger partial charge on any atom is -0.385 e. The van der Waals surface area contributed by atoms with E-state index in [1.54, 1.807) is 7.11 Å². The molecule has 0 N–H and O–H groups in total. The Bertz CT molecular complexity index is 142. The third-order valence-electron chi connectivity index (χ3n) is 2.00. The van der Waals surface area contributed by atoms with Crippen LogP contribution in [0.4, 0.5) is 0 Å². The molecule has 0 amide bonds. The largest absolute Gasteiger partial charge is 0.385 e. The molecule has 0 aromatic rings. The van der Waals surface area contributed by atoms with Gasteiger partial charge in [-0.3, -0.25) is 0 Å². The summed E-state index contributed by atoms with van der Waals surface area (Å²) in [7, 11) is 3.75. The monoisotopic (exact) mass is 170 g/mol. The molecule has 0 fully saturated rings. The van der Waals surface area contributed by atoms with E-state index in [0.717, 1.165) is 19.6 Å². The Morgan fingerprint density at radius 3 is 2.75 bits per heavy atom. The highest BCUT2D eigenvalue weighted by Crippen LogP contribution is 2.00. The maximum atomic E-state index is 8.46. The topological polar surface area (TPSA) is 36.3 Å². The van der Waals surface area contributed by atoms with Crippen LogP contribution in [0.1, 0.15) is 19.8 Å². The lowest BCUT2D eigenvalue weighted by atomic mass is 10.2. The molecule has 3 heteroatoms. The lowest BCUT2D eigenvalue weighted by molar-refractivity contribution is 0.169. The standard InChI is InChI=1S/C9H18N2O/c1-9(5-6-10)11(2)7-4-8-12-3/h9H,4-5,7-8H2,1-3H3. The summed E-state index contributed by atoms with van der Waals surface area (Å²) in [6, 6.07) is 2.52. The normalized spacial score (nSPS) is 12.9. The van der Waals surface area contributed by atoms with Crippen molar-refractivity contribution in [2.75, 3.05) is 27.3 Å². The van der Waals surface area contributed by atoms with Crippen LogP contribution < -0.4 is 0 Å². The molecule has 0 aliphatic rings. The smallest absolute Gasteiger partial charge is 0.0638 e. The molecule has 3 nitrogen and oxygen atoms in total. The average Bonchev–Trinajstić information content (AvgIpc) is 2.05. The van der Waals surface area contributed by atoms with Crippen LogP contribution in [0.25, 0.3) is 0 Å². The lowest BCUT2D eigenvalue weighted by Gasteiger charge is -2.21. The fourth-order valence-electron chi connectivity index (χ4n) is 0.967. The van der Waals surface area contributed by atoms with Gasteiger partial charge in [0.15, 0.2) is 0 Å². The van der Waals surface area contributed by atoms with Crippen LogP contribution in [0, 0.1) is 11.3 Å². The number of ether oxygens (including phenoxy) is 1. The van der Waals surface area contributed by atoms with Crippen molar-refractivity contribution in [3.8, 4) is 6.07 Å². The Balaban J connectivity index is 3.43. The highest BCUT2D eigenvalue weighted by molar-refractivity contribution is 4.78. The zero-order chi connectivity index (χ0) is 9.40. The van der Waals surface area contributed by atoms with Gasteiger partial charge in [0.25, 0.3) is 0 Å². The molecule has 0 rings (SSSR count). The fraction of sp³-hybridized carbons (Fsp3) is 0.889. The lowest BCUT2D eigenvalue weighted by Crippen LogP contribution is -2.30. The molecule has 0 bridgehead atoms. The summed E-state index contributed by atoms with van der Waals surface area (Å²) in [5.41, 5.74) is 0. The fourth-order valence-corrected chi connectivity index (χ4v) is 0.967. The first-order valence-corrected chi connectivity index (χ1v) is 4.28. The molecule has 0 saturated carbocycles. The van der Waals surface area contributed by atoms with Gasteiger partial charge < -0.3 is 9.64 Å². The van der Waals surface area contributed by atoms with Crippen molar-refractivity contribution in [3.63, 3.8) is 0 Å². The van der Waals surface area contributed by atoms with E-state index in [4.69, 9.17) is 10.00 Å². The predicted molar refractivity (Wildman–Crippen MR) is 48.8 cm³/mol.